The highest BCUT2D eigenvalue weighted by molar-refractivity contribution is 6.11. The molecule has 65 heavy (non-hydrogen) atoms. The Labute approximate surface area is 376 Å². The fraction of sp³-hybridized carbons (Fsp3) is 0.0164. The normalized spacial score (nSPS) is 13.0. The van der Waals surface area contributed by atoms with E-state index < -0.39 is 5.41 Å². The summed E-state index contributed by atoms with van der Waals surface area (Å²) in [6, 6.07) is 83.3. The fourth-order valence-electron chi connectivity index (χ4n) is 10.9. The number of fused-ring (bicyclic) bond motifs is 8. The molecule has 0 saturated heterocycles. The Hall–Kier alpha value is -8.60. The van der Waals surface area contributed by atoms with E-state index in [1.807, 2.05) is 12.4 Å². The molecule has 0 N–H and O–H groups in total. The van der Waals surface area contributed by atoms with Crippen LogP contribution < -0.4 is 0 Å². The van der Waals surface area contributed by atoms with E-state index in [0.717, 1.165) is 67.3 Å². The van der Waals surface area contributed by atoms with E-state index in [9.17, 15) is 0 Å². The molecule has 0 amide bonds. The van der Waals surface area contributed by atoms with Gasteiger partial charge in [0.15, 0.2) is 0 Å². The lowest BCUT2D eigenvalue weighted by Gasteiger charge is -2.41. The van der Waals surface area contributed by atoms with E-state index in [1.54, 1.807) is 0 Å². The monoisotopic (exact) mass is 828 g/mol. The van der Waals surface area contributed by atoms with Crippen LogP contribution in [0.4, 0.5) is 0 Å². The van der Waals surface area contributed by atoms with E-state index in [4.69, 9.17) is 9.97 Å². The highest BCUT2D eigenvalue weighted by Gasteiger charge is 2.47. The first-order valence-corrected chi connectivity index (χ1v) is 22.2. The van der Waals surface area contributed by atoms with E-state index in [2.05, 4.69) is 240 Å². The second kappa shape index (κ2) is 14.8. The van der Waals surface area contributed by atoms with Crippen molar-refractivity contribution >= 4 is 54.8 Å². The van der Waals surface area contributed by atoms with Gasteiger partial charge in [0.1, 0.15) is 0 Å². The largest absolute Gasteiger partial charge is 0.309 e. The zero-order valence-corrected chi connectivity index (χ0v) is 35.4. The van der Waals surface area contributed by atoms with Gasteiger partial charge >= 0.3 is 0 Å². The molecule has 0 unspecified atom stereocenters. The smallest absolute Gasteiger partial charge is 0.0901 e. The third-order valence-corrected chi connectivity index (χ3v) is 13.5. The molecule has 4 heteroatoms. The minimum Gasteiger partial charge on any atom is -0.309 e. The molecule has 0 fully saturated rings. The molecule has 4 heterocycles. The van der Waals surface area contributed by atoms with Gasteiger partial charge in [-0.2, -0.15) is 0 Å². The SMILES string of the molecule is c1ccc(C2(c3ccccc3)c3cccnc3C(=C(c3ccc(-n4c5ccccc5c5ccccc54)cc3)c3ccc(-n4c5ccccc5c5ccccc54)cc3)c3cccnc32)cc1. The van der Waals surface area contributed by atoms with Crippen molar-refractivity contribution in [2.24, 2.45) is 0 Å². The number of hydrogen-bond donors (Lipinski definition) is 0. The Kier molecular flexibility index (Phi) is 8.40. The molecule has 0 bridgehead atoms. The molecule has 8 aromatic carbocycles. The summed E-state index contributed by atoms with van der Waals surface area (Å²) >= 11 is 0. The van der Waals surface area contributed by atoms with Crippen LogP contribution in [0.25, 0.3) is 66.1 Å². The number of aromatic nitrogens is 4. The standard InChI is InChI=1S/C61H40N4/c1-3-17-43(18-4-1)61(44-19-5-2-6-20-44)52-26-16-39-62-59(52)58(51-25-15-40-63-60(51)61)57(41-31-35-45(36-32-41)64-53-27-11-7-21-47(53)48-22-8-12-28-54(48)64)42-33-37-46(38-34-42)65-55-29-13-9-23-49(55)50-24-10-14-30-56(50)65/h1-40H. The minimum atomic E-state index is -0.724. The van der Waals surface area contributed by atoms with Gasteiger partial charge in [0.05, 0.1) is 38.9 Å². The van der Waals surface area contributed by atoms with Crippen LogP contribution in [-0.2, 0) is 5.41 Å². The number of pyridine rings is 2. The van der Waals surface area contributed by atoms with E-state index >= 15 is 0 Å². The van der Waals surface area contributed by atoms with Gasteiger partial charge in [-0.25, -0.2) is 0 Å². The number of para-hydroxylation sites is 4. The summed E-state index contributed by atoms with van der Waals surface area (Å²) in [6.45, 7) is 0. The van der Waals surface area contributed by atoms with Gasteiger partial charge in [0, 0.05) is 56.4 Å². The number of nitrogens with zero attached hydrogens (tertiary/aromatic N) is 4. The van der Waals surface area contributed by atoms with Crippen LogP contribution in [0, 0.1) is 0 Å². The molecule has 12 aromatic rings. The number of benzene rings is 8. The summed E-state index contributed by atoms with van der Waals surface area (Å²) in [5, 5.41) is 4.97. The van der Waals surface area contributed by atoms with Gasteiger partial charge in [0.25, 0.3) is 0 Å². The average Bonchev–Trinajstić information content (AvgIpc) is 3.90. The topological polar surface area (TPSA) is 35.6 Å². The first-order chi connectivity index (χ1) is 32.3. The molecule has 0 spiro atoms. The van der Waals surface area contributed by atoms with E-state index in [-0.39, 0.29) is 0 Å². The zero-order valence-electron chi connectivity index (χ0n) is 35.4. The van der Waals surface area contributed by atoms with Gasteiger partial charge in [-0.05, 0) is 94.1 Å². The zero-order chi connectivity index (χ0) is 42.9. The molecule has 1 aliphatic carbocycles. The number of rotatable bonds is 6. The fourth-order valence-corrected chi connectivity index (χ4v) is 10.9. The third kappa shape index (κ3) is 5.51. The Morgan fingerprint density at radius 1 is 0.354 bits per heavy atom. The van der Waals surface area contributed by atoms with Crippen LogP contribution in [0.15, 0.2) is 243 Å². The first kappa shape index (κ1) is 37.0. The maximum absolute atomic E-state index is 5.39. The van der Waals surface area contributed by atoms with Crippen molar-refractivity contribution in [1.82, 2.24) is 19.1 Å². The molecule has 0 radical (unpaired) electrons. The molecule has 1 aliphatic rings. The van der Waals surface area contributed by atoms with Crippen molar-refractivity contribution in [2.45, 2.75) is 5.41 Å². The Bertz CT molecular complexity index is 3440. The predicted octanol–water partition coefficient (Wildman–Crippen LogP) is 14.4. The Morgan fingerprint density at radius 2 is 0.754 bits per heavy atom. The highest BCUT2D eigenvalue weighted by atomic mass is 15.0. The molecule has 0 saturated carbocycles. The van der Waals surface area contributed by atoms with Gasteiger partial charge in [-0.15, -0.1) is 0 Å². The quantitative estimate of drug-likeness (QED) is 0.167. The van der Waals surface area contributed by atoms with Crippen LogP contribution >= 0.6 is 0 Å². The van der Waals surface area contributed by atoms with Crippen LogP contribution in [0.3, 0.4) is 0 Å². The maximum Gasteiger partial charge on any atom is 0.0901 e. The Balaban J connectivity index is 1.09. The van der Waals surface area contributed by atoms with E-state index in [0.29, 0.717) is 0 Å². The lowest BCUT2D eigenvalue weighted by molar-refractivity contribution is 0.694. The summed E-state index contributed by atoms with van der Waals surface area (Å²) in [4.78, 5) is 10.8. The van der Waals surface area contributed by atoms with Crippen molar-refractivity contribution in [2.75, 3.05) is 0 Å². The summed E-state index contributed by atoms with van der Waals surface area (Å²) in [7, 11) is 0. The van der Waals surface area contributed by atoms with Crippen molar-refractivity contribution in [3.8, 4) is 11.4 Å². The summed E-state index contributed by atoms with van der Waals surface area (Å²) in [5.41, 5.74) is 16.9. The van der Waals surface area contributed by atoms with Crippen molar-refractivity contribution < 1.29 is 0 Å². The molecule has 304 valence electrons. The lowest BCUT2D eigenvalue weighted by Crippen LogP contribution is -2.37. The van der Waals surface area contributed by atoms with Crippen LogP contribution in [0.1, 0.15) is 44.8 Å². The minimum absolute atomic E-state index is 0.724. The van der Waals surface area contributed by atoms with Gasteiger partial charge < -0.3 is 9.13 Å². The lowest BCUT2D eigenvalue weighted by atomic mass is 9.61. The third-order valence-electron chi connectivity index (χ3n) is 13.5. The van der Waals surface area contributed by atoms with Gasteiger partial charge in [0.2, 0.25) is 0 Å². The van der Waals surface area contributed by atoms with Gasteiger partial charge in [-0.3, -0.25) is 9.97 Å². The summed E-state index contributed by atoms with van der Waals surface area (Å²) in [6.07, 6.45) is 3.88. The van der Waals surface area contributed by atoms with E-state index in [1.165, 1.54) is 43.6 Å². The van der Waals surface area contributed by atoms with Crippen molar-refractivity contribution in [3.05, 3.63) is 288 Å². The summed E-state index contributed by atoms with van der Waals surface area (Å²) in [5.74, 6) is 0. The first-order valence-electron chi connectivity index (χ1n) is 22.2. The maximum atomic E-state index is 5.39. The van der Waals surface area contributed by atoms with Crippen molar-refractivity contribution in [1.29, 1.82) is 0 Å². The number of hydrogen-bond acceptors (Lipinski definition) is 2. The molecule has 0 aliphatic heterocycles. The molecular weight excluding hydrogens is 789 g/mol. The average molecular weight is 829 g/mol. The highest BCUT2D eigenvalue weighted by Crippen LogP contribution is 2.54. The molecule has 4 aromatic heterocycles. The molecule has 4 nitrogen and oxygen atoms in total. The second-order valence-corrected chi connectivity index (χ2v) is 16.9. The van der Waals surface area contributed by atoms with Crippen molar-refractivity contribution in [3.63, 3.8) is 0 Å². The van der Waals surface area contributed by atoms with Crippen LogP contribution in [0.5, 0.6) is 0 Å². The summed E-state index contributed by atoms with van der Waals surface area (Å²) < 4.78 is 4.76. The van der Waals surface area contributed by atoms with Gasteiger partial charge in [-0.1, -0.05) is 170 Å². The van der Waals surface area contributed by atoms with Crippen LogP contribution in [-0.4, -0.2) is 19.1 Å². The Morgan fingerprint density at radius 3 is 1.22 bits per heavy atom. The molecule has 0 atom stereocenters. The molecule has 13 rings (SSSR count). The van der Waals surface area contributed by atoms with Crippen LogP contribution in [0.2, 0.25) is 0 Å². The second-order valence-electron chi connectivity index (χ2n) is 16.9. The predicted molar refractivity (Wildman–Crippen MR) is 267 cm³/mol. The molecular formula is C61H40N4.